The van der Waals surface area contributed by atoms with Crippen molar-refractivity contribution in [1.82, 2.24) is 19.6 Å². The van der Waals surface area contributed by atoms with E-state index in [2.05, 4.69) is 22.4 Å². The van der Waals surface area contributed by atoms with Crippen LogP contribution in [0.15, 0.2) is 72.9 Å². The fourth-order valence-corrected chi connectivity index (χ4v) is 4.18. The van der Waals surface area contributed by atoms with E-state index in [0.29, 0.717) is 10.6 Å². The highest BCUT2D eigenvalue weighted by Crippen LogP contribution is 2.28. The van der Waals surface area contributed by atoms with Gasteiger partial charge >= 0.3 is 0 Å². The fourth-order valence-electron chi connectivity index (χ4n) is 4.00. The number of carbonyl (C=O) groups excluding carboxylic acids is 1. The van der Waals surface area contributed by atoms with Crippen LogP contribution in [0.3, 0.4) is 0 Å². The highest BCUT2D eigenvalue weighted by molar-refractivity contribution is 6.33. The van der Waals surface area contributed by atoms with E-state index in [1.807, 2.05) is 82.5 Å². The molecule has 1 aliphatic heterocycles. The quantitative estimate of drug-likeness (QED) is 0.489. The Hall–Kier alpha value is -3.35. The minimum atomic E-state index is 0.0719. The van der Waals surface area contributed by atoms with Gasteiger partial charge in [0.25, 0.3) is 5.91 Å². The number of carbonyl (C=O) groups is 1. The van der Waals surface area contributed by atoms with E-state index in [-0.39, 0.29) is 5.91 Å². The minimum absolute atomic E-state index is 0.0719. The first kappa shape index (κ1) is 20.5. The Labute approximate surface area is 192 Å². The third kappa shape index (κ3) is 4.07. The first-order valence-electron chi connectivity index (χ1n) is 10.7. The summed E-state index contributed by atoms with van der Waals surface area (Å²) in [4.78, 5) is 17.2. The molecule has 0 spiro atoms. The predicted molar refractivity (Wildman–Crippen MR) is 129 cm³/mol. The molecule has 1 saturated heterocycles. The number of fused-ring (bicyclic) bond motifs is 1. The van der Waals surface area contributed by atoms with Gasteiger partial charge in [0.2, 0.25) is 0 Å². The van der Waals surface area contributed by atoms with Gasteiger partial charge in [0.15, 0.2) is 0 Å². The summed E-state index contributed by atoms with van der Waals surface area (Å²) in [5, 5.41) is 9.61. The average molecular weight is 446 g/mol. The lowest BCUT2D eigenvalue weighted by molar-refractivity contribution is 0.0664. The monoisotopic (exact) mass is 445 g/mol. The molecule has 3 aromatic carbocycles. The third-order valence-electron chi connectivity index (χ3n) is 5.85. The van der Waals surface area contributed by atoms with E-state index in [1.54, 1.807) is 0 Å². The molecular formula is C25H24ClN5O. The van der Waals surface area contributed by atoms with Crippen LogP contribution in [0.1, 0.15) is 10.4 Å². The number of benzene rings is 3. The molecule has 4 aromatic rings. The second-order valence-corrected chi connectivity index (χ2v) is 8.49. The van der Waals surface area contributed by atoms with E-state index < -0.39 is 0 Å². The lowest BCUT2D eigenvalue weighted by Crippen LogP contribution is -2.47. The molecule has 1 aliphatic rings. The minimum Gasteiger partial charge on any atom is -0.354 e. The molecule has 5 rings (SSSR count). The van der Waals surface area contributed by atoms with Crippen molar-refractivity contribution in [3.05, 3.63) is 83.5 Å². The smallest absolute Gasteiger partial charge is 0.254 e. The van der Waals surface area contributed by atoms with Gasteiger partial charge in [-0.2, -0.15) is 5.10 Å². The predicted octanol–water partition coefficient (Wildman–Crippen LogP) is 4.81. The maximum Gasteiger partial charge on any atom is 0.254 e. The summed E-state index contributed by atoms with van der Waals surface area (Å²) in [5.74, 6) is 0.0719. The molecule has 0 aliphatic carbocycles. The number of rotatable bonds is 4. The normalized spacial score (nSPS) is 14.6. The summed E-state index contributed by atoms with van der Waals surface area (Å²) in [7, 11) is 2.08. The Kier molecular flexibility index (Phi) is 5.55. The van der Waals surface area contributed by atoms with Gasteiger partial charge in [-0.25, -0.2) is 4.68 Å². The van der Waals surface area contributed by atoms with Gasteiger partial charge < -0.3 is 15.1 Å². The number of halogens is 1. The highest BCUT2D eigenvalue weighted by Gasteiger charge is 2.20. The van der Waals surface area contributed by atoms with Gasteiger partial charge in [-0.15, -0.1) is 0 Å². The first-order chi connectivity index (χ1) is 15.6. The number of anilines is 2. The third-order valence-corrected chi connectivity index (χ3v) is 6.18. The molecule has 0 saturated carbocycles. The summed E-state index contributed by atoms with van der Waals surface area (Å²) in [6.45, 7) is 3.32. The summed E-state index contributed by atoms with van der Waals surface area (Å²) in [5.41, 5.74) is 4.32. The largest absolute Gasteiger partial charge is 0.354 e. The molecule has 7 heteroatoms. The number of likely N-dealkylation sites (N-methyl/N-ethyl adjacent to an activating group) is 1. The summed E-state index contributed by atoms with van der Waals surface area (Å²) < 4.78 is 1.87. The van der Waals surface area contributed by atoms with Crippen molar-refractivity contribution in [3.8, 4) is 5.69 Å². The Morgan fingerprint density at radius 3 is 2.59 bits per heavy atom. The fraction of sp³-hybridized carbons (Fsp3) is 0.200. The Balaban J connectivity index is 1.41. The number of piperazine rings is 1. The van der Waals surface area contributed by atoms with Crippen molar-refractivity contribution < 1.29 is 4.79 Å². The molecule has 1 aromatic heterocycles. The second-order valence-electron chi connectivity index (χ2n) is 8.08. The zero-order valence-electron chi connectivity index (χ0n) is 17.8. The lowest BCUT2D eigenvalue weighted by Gasteiger charge is -2.32. The molecule has 0 unspecified atom stereocenters. The number of hydrogen-bond donors (Lipinski definition) is 1. The average Bonchev–Trinajstić information content (AvgIpc) is 3.24. The van der Waals surface area contributed by atoms with Crippen molar-refractivity contribution in [2.45, 2.75) is 0 Å². The number of para-hydroxylation sites is 1. The summed E-state index contributed by atoms with van der Waals surface area (Å²) in [6.07, 6.45) is 1.84. The number of hydrogen-bond acceptors (Lipinski definition) is 4. The maximum atomic E-state index is 13.0. The van der Waals surface area contributed by atoms with Crippen molar-refractivity contribution in [2.75, 3.05) is 38.5 Å². The van der Waals surface area contributed by atoms with Crippen LogP contribution in [-0.4, -0.2) is 58.7 Å². The van der Waals surface area contributed by atoms with Gasteiger partial charge in [0.05, 0.1) is 28.1 Å². The molecule has 0 radical (unpaired) electrons. The van der Waals surface area contributed by atoms with Gasteiger partial charge in [-0.3, -0.25) is 4.79 Å². The van der Waals surface area contributed by atoms with E-state index >= 15 is 0 Å². The molecule has 162 valence electrons. The van der Waals surface area contributed by atoms with Crippen LogP contribution in [0.4, 0.5) is 11.4 Å². The standard InChI is InChI=1S/C25H24ClN5O/c1-29-11-13-30(14-12-29)25(32)18-5-4-6-21(16-18)31-24-10-9-20(15-19(24)17-27-31)28-23-8-3-2-7-22(23)26/h2-10,15-17,28H,11-14H2,1H3. The van der Waals surface area contributed by atoms with Crippen LogP contribution in [0.2, 0.25) is 5.02 Å². The number of nitrogens with one attached hydrogen (secondary N) is 1. The van der Waals surface area contributed by atoms with Crippen molar-refractivity contribution in [2.24, 2.45) is 0 Å². The van der Waals surface area contributed by atoms with E-state index in [0.717, 1.165) is 54.1 Å². The maximum absolute atomic E-state index is 13.0. The van der Waals surface area contributed by atoms with Crippen molar-refractivity contribution in [1.29, 1.82) is 0 Å². The number of aromatic nitrogens is 2. The second kappa shape index (κ2) is 8.65. The molecule has 1 N–H and O–H groups in total. The molecule has 6 nitrogen and oxygen atoms in total. The van der Waals surface area contributed by atoms with Crippen molar-refractivity contribution >= 4 is 39.8 Å². The van der Waals surface area contributed by atoms with Crippen LogP contribution in [-0.2, 0) is 0 Å². The van der Waals surface area contributed by atoms with E-state index in [4.69, 9.17) is 11.6 Å². The van der Waals surface area contributed by atoms with Crippen LogP contribution in [0.5, 0.6) is 0 Å². The molecule has 2 heterocycles. The van der Waals surface area contributed by atoms with E-state index in [1.165, 1.54) is 0 Å². The molecular weight excluding hydrogens is 422 g/mol. The Morgan fingerprint density at radius 1 is 0.969 bits per heavy atom. The van der Waals surface area contributed by atoms with E-state index in [9.17, 15) is 4.79 Å². The summed E-state index contributed by atoms with van der Waals surface area (Å²) in [6, 6.07) is 21.4. The highest BCUT2D eigenvalue weighted by atomic mass is 35.5. The molecule has 0 bridgehead atoms. The van der Waals surface area contributed by atoms with Gasteiger partial charge in [-0.1, -0.05) is 29.8 Å². The number of nitrogens with zero attached hydrogens (tertiary/aromatic N) is 4. The van der Waals surface area contributed by atoms with Crippen LogP contribution >= 0.6 is 11.6 Å². The topological polar surface area (TPSA) is 53.4 Å². The molecule has 1 fully saturated rings. The zero-order chi connectivity index (χ0) is 22.1. The zero-order valence-corrected chi connectivity index (χ0v) is 18.6. The summed E-state index contributed by atoms with van der Waals surface area (Å²) >= 11 is 6.27. The number of amides is 1. The van der Waals surface area contributed by atoms with Gasteiger partial charge in [-0.05, 0) is 55.6 Å². The van der Waals surface area contributed by atoms with Crippen LogP contribution in [0.25, 0.3) is 16.6 Å². The van der Waals surface area contributed by atoms with Gasteiger partial charge in [0.1, 0.15) is 0 Å². The lowest BCUT2D eigenvalue weighted by atomic mass is 10.1. The molecule has 0 atom stereocenters. The molecule has 32 heavy (non-hydrogen) atoms. The molecule has 1 amide bonds. The van der Waals surface area contributed by atoms with Crippen LogP contribution < -0.4 is 5.32 Å². The van der Waals surface area contributed by atoms with Gasteiger partial charge in [0, 0.05) is 42.8 Å². The van der Waals surface area contributed by atoms with Crippen LogP contribution in [0, 0.1) is 0 Å². The Bertz CT molecular complexity index is 1280. The van der Waals surface area contributed by atoms with Crippen molar-refractivity contribution in [3.63, 3.8) is 0 Å². The first-order valence-corrected chi connectivity index (χ1v) is 11.0. The Morgan fingerprint density at radius 2 is 1.78 bits per heavy atom. The SMILES string of the molecule is CN1CCN(C(=O)c2cccc(-n3ncc4cc(Nc5ccccc5Cl)ccc43)c2)CC1.